The SMILES string of the molecule is O=C(/C=C/c1ccc2c(c1)OCO2)Nc1ccc(Br)cc1Br. The Morgan fingerprint density at radius 1 is 1.09 bits per heavy atom. The fourth-order valence-corrected chi connectivity index (χ4v) is 3.10. The average Bonchev–Trinajstić information content (AvgIpc) is 2.95. The Morgan fingerprint density at radius 2 is 1.91 bits per heavy atom. The fraction of sp³-hybridized carbons (Fsp3) is 0.0625. The van der Waals surface area contributed by atoms with Crippen molar-refractivity contribution in [1.29, 1.82) is 0 Å². The molecule has 112 valence electrons. The molecule has 0 unspecified atom stereocenters. The predicted molar refractivity (Wildman–Crippen MR) is 92.1 cm³/mol. The van der Waals surface area contributed by atoms with Crippen molar-refractivity contribution in [3.63, 3.8) is 0 Å². The van der Waals surface area contributed by atoms with Crippen LogP contribution in [0.5, 0.6) is 11.5 Å². The van der Waals surface area contributed by atoms with Crippen LogP contribution in [0.25, 0.3) is 6.08 Å². The maximum atomic E-state index is 12.0. The molecule has 0 saturated heterocycles. The van der Waals surface area contributed by atoms with Gasteiger partial charge in [0.1, 0.15) is 0 Å². The summed E-state index contributed by atoms with van der Waals surface area (Å²) in [5.41, 5.74) is 1.58. The van der Waals surface area contributed by atoms with E-state index in [2.05, 4.69) is 37.2 Å². The van der Waals surface area contributed by atoms with E-state index < -0.39 is 0 Å². The molecular formula is C16H11Br2NO3. The van der Waals surface area contributed by atoms with Crippen molar-refractivity contribution < 1.29 is 14.3 Å². The highest BCUT2D eigenvalue weighted by Crippen LogP contribution is 2.32. The third kappa shape index (κ3) is 3.51. The Bertz CT molecular complexity index is 759. The zero-order valence-electron chi connectivity index (χ0n) is 11.3. The van der Waals surface area contributed by atoms with E-state index in [9.17, 15) is 4.79 Å². The van der Waals surface area contributed by atoms with E-state index in [-0.39, 0.29) is 12.7 Å². The van der Waals surface area contributed by atoms with Gasteiger partial charge in [-0.3, -0.25) is 4.79 Å². The van der Waals surface area contributed by atoms with E-state index in [1.807, 2.05) is 36.4 Å². The van der Waals surface area contributed by atoms with E-state index in [4.69, 9.17) is 9.47 Å². The molecule has 0 atom stereocenters. The van der Waals surface area contributed by atoms with Gasteiger partial charge in [-0.1, -0.05) is 22.0 Å². The maximum absolute atomic E-state index is 12.0. The second kappa shape index (κ2) is 6.54. The van der Waals surface area contributed by atoms with E-state index in [1.54, 1.807) is 6.08 Å². The van der Waals surface area contributed by atoms with Crippen molar-refractivity contribution in [3.8, 4) is 11.5 Å². The number of carbonyl (C=O) groups excluding carboxylic acids is 1. The van der Waals surface area contributed by atoms with E-state index >= 15 is 0 Å². The maximum Gasteiger partial charge on any atom is 0.248 e. The van der Waals surface area contributed by atoms with Crippen LogP contribution in [0.4, 0.5) is 5.69 Å². The Hall–Kier alpha value is -1.79. The Labute approximate surface area is 144 Å². The van der Waals surface area contributed by atoms with Gasteiger partial charge in [-0.2, -0.15) is 0 Å². The van der Waals surface area contributed by atoms with Crippen molar-refractivity contribution in [2.24, 2.45) is 0 Å². The van der Waals surface area contributed by atoms with Crippen LogP contribution in [0.15, 0.2) is 51.4 Å². The summed E-state index contributed by atoms with van der Waals surface area (Å²) in [6, 6.07) is 11.1. The van der Waals surface area contributed by atoms with Crippen LogP contribution in [0, 0.1) is 0 Å². The third-order valence-corrected chi connectivity index (χ3v) is 4.16. The lowest BCUT2D eigenvalue weighted by molar-refractivity contribution is -0.111. The predicted octanol–water partition coefficient (Wildman–Crippen LogP) is 4.59. The minimum atomic E-state index is -0.208. The molecule has 1 N–H and O–H groups in total. The topological polar surface area (TPSA) is 47.6 Å². The molecule has 0 aromatic heterocycles. The lowest BCUT2D eigenvalue weighted by atomic mass is 10.2. The van der Waals surface area contributed by atoms with Gasteiger partial charge in [0, 0.05) is 15.0 Å². The summed E-state index contributed by atoms with van der Waals surface area (Å²) >= 11 is 6.78. The summed E-state index contributed by atoms with van der Waals surface area (Å²) < 4.78 is 12.3. The molecule has 4 nitrogen and oxygen atoms in total. The van der Waals surface area contributed by atoms with Crippen LogP contribution in [0.1, 0.15) is 5.56 Å². The first-order valence-corrected chi connectivity index (χ1v) is 8.04. The normalized spacial score (nSPS) is 12.6. The molecule has 2 aromatic rings. The first-order chi connectivity index (χ1) is 10.6. The molecular weight excluding hydrogens is 414 g/mol. The quantitative estimate of drug-likeness (QED) is 0.733. The van der Waals surface area contributed by atoms with E-state index in [0.29, 0.717) is 11.4 Å². The molecule has 0 bridgehead atoms. The highest BCUT2D eigenvalue weighted by atomic mass is 79.9. The largest absolute Gasteiger partial charge is 0.454 e. The molecule has 0 aliphatic carbocycles. The molecule has 22 heavy (non-hydrogen) atoms. The third-order valence-electron chi connectivity index (χ3n) is 3.01. The second-order valence-corrected chi connectivity index (χ2v) is 6.33. The van der Waals surface area contributed by atoms with Gasteiger partial charge < -0.3 is 14.8 Å². The van der Waals surface area contributed by atoms with E-state index in [0.717, 1.165) is 20.3 Å². The van der Waals surface area contributed by atoms with Crippen LogP contribution in [0.2, 0.25) is 0 Å². The number of hydrogen-bond acceptors (Lipinski definition) is 3. The lowest BCUT2D eigenvalue weighted by Crippen LogP contribution is -2.08. The summed E-state index contributed by atoms with van der Waals surface area (Å²) in [7, 11) is 0. The van der Waals surface area contributed by atoms with Crippen LogP contribution in [-0.2, 0) is 4.79 Å². The number of benzene rings is 2. The number of anilines is 1. The van der Waals surface area contributed by atoms with Crippen molar-refractivity contribution in [2.45, 2.75) is 0 Å². The number of fused-ring (bicyclic) bond motifs is 1. The standard InChI is InChI=1S/C16H11Br2NO3/c17-11-3-4-13(12(18)8-11)19-16(20)6-2-10-1-5-14-15(7-10)22-9-21-14/h1-8H,9H2,(H,19,20)/b6-2+. The molecule has 0 saturated carbocycles. The summed E-state index contributed by atoms with van der Waals surface area (Å²) in [6.07, 6.45) is 3.20. The molecule has 0 radical (unpaired) electrons. The summed E-state index contributed by atoms with van der Waals surface area (Å²) in [5, 5.41) is 2.81. The Kier molecular flexibility index (Phi) is 4.49. The molecule has 2 aromatic carbocycles. The zero-order chi connectivity index (χ0) is 15.5. The van der Waals surface area contributed by atoms with Gasteiger partial charge >= 0.3 is 0 Å². The Morgan fingerprint density at radius 3 is 2.73 bits per heavy atom. The van der Waals surface area contributed by atoms with Crippen molar-refractivity contribution in [2.75, 3.05) is 12.1 Å². The van der Waals surface area contributed by atoms with E-state index in [1.165, 1.54) is 6.08 Å². The summed E-state index contributed by atoms with van der Waals surface area (Å²) in [5.74, 6) is 1.21. The average molecular weight is 425 g/mol. The van der Waals surface area contributed by atoms with Gasteiger partial charge in [0.25, 0.3) is 0 Å². The van der Waals surface area contributed by atoms with Crippen LogP contribution in [-0.4, -0.2) is 12.7 Å². The van der Waals surface area contributed by atoms with Gasteiger partial charge in [-0.15, -0.1) is 0 Å². The zero-order valence-corrected chi connectivity index (χ0v) is 14.5. The first kappa shape index (κ1) is 15.1. The first-order valence-electron chi connectivity index (χ1n) is 6.45. The van der Waals surface area contributed by atoms with Crippen LogP contribution < -0.4 is 14.8 Å². The lowest BCUT2D eigenvalue weighted by Gasteiger charge is -2.05. The van der Waals surface area contributed by atoms with Gasteiger partial charge in [0.05, 0.1) is 5.69 Å². The Balaban J connectivity index is 1.68. The van der Waals surface area contributed by atoms with Gasteiger partial charge in [-0.05, 0) is 57.9 Å². The van der Waals surface area contributed by atoms with Gasteiger partial charge in [0.15, 0.2) is 11.5 Å². The molecule has 1 amide bonds. The number of hydrogen-bond donors (Lipinski definition) is 1. The van der Waals surface area contributed by atoms with Crippen LogP contribution in [0.3, 0.4) is 0 Å². The highest BCUT2D eigenvalue weighted by molar-refractivity contribution is 9.11. The van der Waals surface area contributed by atoms with Crippen LogP contribution >= 0.6 is 31.9 Å². The number of ether oxygens (including phenoxy) is 2. The molecule has 1 aliphatic rings. The highest BCUT2D eigenvalue weighted by Gasteiger charge is 2.12. The van der Waals surface area contributed by atoms with Crippen molar-refractivity contribution >= 4 is 49.5 Å². The van der Waals surface area contributed by atoms with Crippen molar-refractivity contribution in [3.05, 3.63) is 57.0 Å². The van der Waals surface area contributed by atoms with Crippen molar-refractivity contribution in [1.82, 2.24) is 0 Å². The minimum absolute atomic E-state index is 0.208. The fourth-order valence-electron chi connectivity index (χ4n) is 1.95. The number of halogens is 2. The molecule has 6 heteroatoms. The monoisotopic (exact) mass is 423 g/mol. The minimum Gasteiger partial charge on any atom is -0.454 e. The van der Waals surface area contributed by atoms with Gasteiger partial charge in [0.2, 0.25) is 12.7 Å². The molecule has 1 aliphatic heterocycles. The molecule has 0 fully saturated rings. The smallest absolute Gasteiger partial charge is 0.248 e. The number of rotatable bonds is 3. The van der Waals surface area contributed by atoms with Gasteiger partial charge in [-0.25, -0.2) is 0 Å². The molecule has 0 spiro atoms. The summed E-state index contributed by atoms with van der Waals surface area (Å²) in [6.45, 7) is 0.237. The molecule has 3 rings (SSSR count). The number of nitrogens with one attached hydrogen (secondary N) is 1. The molecule has 1 heterocycles. The second-order valence-electron chi connectivity index (χ2n) is 4.56. The number of carbonyl (C=O) groups is 1. The number of amides is 1. The summed E-state index contributed by atoms with van der Waals surface area (Å²) in [4.78, 5) is 12.0.